The van der Waals surface area contributed by atoms with Gasteiger partial charge in [0.2, 0.25) is 0 Å². The summed E-state index contributed by atoms with van der Waals surface area (Å²) in [7, 11) is 1.47. The quantitative estimate of drug-likeness (QED) is 0.293. The fourth-order valence-electron chi connectivity index (χ4n) is 3.67. The van der Waals surface area contributed by atoms with Gasteiger partial charge in [-0.2, -0.15) is 0 Å². The van der Waals surface area contributed by atoms with Crippen LogP contribution in [0.1, 0.15) is 28.7 Å². The van der Waals surface area contributed by atoms with Crippen LogP contribution in [0.4, 0.5) is 5.69 Å². The number of ether oxygens (including phenoxy) is 1. The number of carbonyl (C=O) groups excluding carboxylic acids is 2. The van der Waals surface area contributed by atoms with Crippen molar-refractivity contribution < 1.29 is 23.8 Å². The molecule has 164 valence electrons. The molecular weight excluding hydrogens is 453 g/mol. The molecule has 1 fully saturated rings. The van der Waals surface area contributed by atoms with Gasteiger partial charge in [0.15, 0.2) is 0 Å². The van der Waals surface area contributed by atoms with E-state index >= 15 is 0 Å². The highest BCUT2D eigenvalue weighted by Gasteiger charge is 2.48. The molecule has 8 heteroatoms. The zero-order valence-electron chi connectivity index (χ0n) is 17.5. The molecule has 0 aliphatic carbocycles. The van der Waals surface area contributed by atoms with Crippen molar-refractivity contribution in [2.24, 2.45) is 0 Å². The number of rotatable bonds is 4. The van der Waals surface area contributed by atoms with E-state index in [0.717, 1.165) is 5.56 Å². The fourth-order valence-corrected chi connectivity index (χ4v) is 4.10. The second kappa shape index (κ2) is 8.37. The third kappa shape index (κ3) is 3.66. The van der Waals surface area contributed by atoms with Crippen LogP contribution in [0, 0.1) is 13.8 Å². The highest BCUT2D eigenvalue weighted by atomic mass is 35.5. The minimum atomic E-state index is -0.983. The van der Waals surface area contributed by atoms with Crippen LogP contribution in [-0.2, 0) is 9.59 Å². The molecule has 4 rings (SSSR count). The molecular formula is C24H19Cl2NO5. The number of aryl methyl sites for hydroxylation is 2. The van der Waals surface area contributed by atoms with E-state index in [1.807, 2.05) is 6.92 Å². The molecule has 1 atom stereocenters. The summed E-state index contributed by atoms with van der Waals surface area (Å²) in [5.74, 6) is -0.668. The van der Waals surface area contributed by atoms with Gasteiger partial charge >= 0.3 is 0 Å². The van der Waals surface area contributed by atoms with Gasteiger partial charge in [0.05, 0.1) is 17.7 Å². The molecule has 1 aliphatic rings. The molecule has 1 saturated heterocycles. The third-order valence-electron chi connectivity index (χ3n) is 5.33. The molecule has 0 bridgehead atoms. The van der Waals surface area contributed by atoms with E-state index in [2.05, 4.69) is 0 Å². The lowest BCUT2D eigenvalue weighted by Gasteiger charge is -2.24. The Bertz CT molecular complexity index is 1280. The Morgan fingerprint density at radius 1 is 1.03 bits per heavy atom. The number of nitrogens with zero attached hydrogens (tertiary/aromatic N) is 1. The predicted octanol–water partition coefficient (Wildman–Crippen LogP) is 5.84. The van der Waals surface area contributed by atoms with Crippen molar-refractivity contribution in [3.63, 3.8) is 0 Å². The summed E-state index contributed by atoms with van der Waals surface area (Å²) in [4.78, 5) is 27.5. The minimum Gasteiger partial charge on any atom is -0.507 e. The fraction of sp³-hybridized carbons (Fsp3) is 0.167. The lowest BCUT2D eigenvalue weighted by molar-refractivity contribution is -0.132. The molecule has 3 aromatic rings. The zero-order valence-corrected chi connectivity index (χ0v) is 19.0. The number of carbonyl (C=O) groups is 2. The second-order valence-corrected chi connectivity index (χ2v) is 8.21. The SMILES string of the molecule is COc1ccc(/C(O)=C2/C(=O)C(=O)N(c3ccc(C)c(Cl)c3)C2c2ccc(C)o2)cc1Cl. The number of aliphatic hydroxyl groups excluding tert-OH is 1. The van der Waals surface area contributed by atoms with Crippen LogP contribution in [0.2, 0.25) is 10.0 Å². The molecule has 1 amide bonds. The van der Waals surface area contributed by atoms with E-state index in [9.17, 15) is 14.7 Å². The van der Waals surface area contributed by atoms with Gasteiger partial charge in [0.25, 0.3) is 11.7 Å². The smallest absolute Gasteiger partial charge is 0.300 e. The van der Waals surface area contributed by atoms with Crippen molar-refractivity contribution in [3.8, 4) is 5.75 Å². The summed E-state index contributed by atoms with van der Waals surface area (Å²) >= 11 is 12.5. The number of ketones is 1. The van der Waals surface area contributed by atoms with Crippen LogP contribution in [0.5, 0.6) is 5.75 Å². The van der Waals surface area contributed by atoms with Crippen molar-refractivity contribution in [3.05, 3.63) is 86.8 Å². The molecule has 0 spiro atoms. The van der Waals surface area contributed by atoms with Gasteiger partial charge in [-0.05, 0) is 61.9 Å². The number of methoxy groups -OCH3 is 1. The highest BCUT2D eigenvalue weighted by molar-refractivity contribution is 6.51. The maximum atomic E-state index is 13.1. The van der Waals surface area contributed by atoms with E-state index in [1.165, 1.54) is 18.1 Å². The summed E-state index contributed by atoms with van der Waals surface area (Å²) in [6.07, 6.45) is 0. The summed E-state index contributed by atoms with van der Waals surface area (Å²) < 4.78 is 10.9. The molecule has 0 saturated carbocycles. The maximum absolute atomic E-state index is 13.1. The average molecular weight is 472 g/mol. The monoisotopic (exact) mass is 471 g/mol. The first-order valence-corrected chi connectivity index (χ1v) is 10.5. The second-order valence-electron chi connectivity index (χ2n) is 7.40. The Balaban J connectivity index is 1.93. The molecule has 32 heavy (non-hydrogen) atoms. The predicted molar refractivity (Wildman–Crippen MR) is 122 cm³/mol. The van der Waals surface area contributed by atoms with Crippen LogP contribution in [-0.4, -0.2) is 23.9 Å². The largest absolute Gasteiger partial charge is 0.507 e. The van der Waals surface area contributed by atoms with Crippen LogP contribution < -0.4 is 9.64 Å². The van der Waals surface area contributed by atoms with Crippen LogP contribution in [0.25, 0.3) is 5.76 Å². The number of furan rings is 1. The van der Waals surface area contributed by atoms with Crippen molar-refractivity contribution in [1.29, 1.82) is 0 Å². The number of halogens is 2. The molecule has 6 nitrogen and oxygen atoms in total. The van der Waals surface area contributed by atoms with E-state index in [4.69, 9.17) is 32.4 Å². The van der Waals surface area contributed by atoms with Crippen molar-refractivity contribution in [1.82, 2.24) is 0 Å². The first-order chi connectivity index (χ1) is 15.2. The number of Topliss-reactive ketones (excluding diaryl/α,β-unsaturated/α-hetero) is 1. The van der Waals surface area contributed by atoms with Gasteiger partial charge in [0, 0.05) is 16.3 Å². The third-order valence-corrected chi connectivity index (χ3v) is 6.04. The van der Waals surface area contributed by atoms with E-state index < -0.39 is 17.7 Å². The standard InChI is InChI=1S/C24H19Cl2NO5/c1-12-4-7-15(11-16(12)25)27-21(19-8-5-13(2)32-19)20(23(29)24(27)30)22(28)14-6-9-18(31-3)17(26)10-14/h4-11,21,28H,1-3H3/b22-20-. The molecule has 1 unspecified atom stereocenters. The first kappa shape index (κ1) is 22.0. The molecule has 2 aromatic carbocycles. The van der Waals surface area contributed by atoms with Gasteiger partial charge < -0.3 is 14.3 Å². The number of amides is 1. The van der Waals surface area contributed by atoms with Gasteiger partial charge in [-0.1, -0.05) is 29.3 Å². The number of benzene rings is 2. The highest BCUT2D eigenvalue weighted by Crippen LogP contribution is 2.43. The Morgan fingerprint density at radius 2 is 1.78 bits per heavy atom. The Kier molecular flexibility index (Phi) is 5.75. The van der Waals surface area contributed by atoms with Gasteiger partial charge in [-0.25, -0.2) is 0 Å². The van der Waals surface area contributed by atoms with Crippen molar-refractivity contribution in [2.75, 3.05) is 12.0 Å². The number of aliphatic hydroxyl groups is 1. The van der Waals surface area contributed by atoms with Crippen molar-refractivity contribution in [2.45, 2.75) is 19.9 Å². The van der Waals surface area contributed by atoms with E-state index in [0.29, 0.717) is 28.0 Å². The Hall–Kier alpha value is -3.22. The maximum Gasteiger partial charge on any atom is 0.300 e. The lowest BCUT2D eigenvalue weighted by Crippen LogP contribution is -2.29. The van der Waals surface area contributed by atoms with Crippen LogP contribution in [0.3, 0.4) is 0 Å². The molecule has 2 heterocycles. The summed E-state index contributed by atoms with van der Waals surface area (Å²) in [5, 5.41) is 11.8. The van der Waals surface area contributed by atoms with Gasteiger partial charge in [-0.3, -0.25) is 14.5 Å². The van der Waals surface area contributed by atoms with E-state index in [1.54, 1.807) is 49.4 Å². The van der Waals surface area contributed by atoms with Gasteiger partial charge in [0.1, 0.15) is 29.1 Å². The van der Waals surface area contributed by atoms with E-state index in [-0.39, 0.29) is 21.9 Å². The first-order valence-electron chi connectivity index (χ1n) is 9.70. The Labute approximate surface area is 194 Å². The molecule has 1 aliphatic heterocycles. The molecule has 0 radical (unpaired) electrons. The van der Waals surface area contributed by atoms with Crippen LogP contribution >= 0.6 is 23.2 Å². The number of hydrogen-bond acceptors (Lipinski definition) is 5. The topological polar surface area (TPSA) is 80.0 Å². The Morgan fingerprint density at radius 3 is 2.38 bits per heavy atom. The van der Waals surface area contributed by atoms with Crippen LogP contribution in [0.15, 0.2) is 58.5 Å². The normalized spacial score (nSPS) is 17.8. The molecule has 1 N–H and O–H groups in total. The summed E-state index contributed by atoms with van der Waals surface area (Å²) in [6, 6.07) is 12.1. The average Bonchev–Trinajstić information content (AvgIpc) is 3.30. The number of anilines is 1. The minimum absolute atomic E-state index is 0.109. The lowest BCUT2D eigenvalue weighted by atomic mass is 9.99. The zero-order chi connectivity index (χ0) is 23.2. The summed E-state index contributed by atoms with van der Waals surface area (Å²) in [6.45, 7) is 3.59. The number of hydrogen-bond donors (Lipinski definition) is 1. The summed E-state index contributed by atoms with van der Waals surface area (Å²) in [5.41, 5.74) is 1.39. The van der Waals surface area contributed by atoms with Gasteiger partial charge in [-0.15, -0.1) is 0 Å². The van der Waals surface area contributed by atoms with Crippen molar-refractivity contribution >= 4 is 46.3 Å². The molecule has 1 aromatic heterocycles.